The van der Waals surface area contributed by atoms with E-state index in [9.17, 15) is 4.21 Å². The van der Waals surface area contributed by atoms with E-state index in [0.29, 0.717) is 5.82 Å². The standard InChI is InChI=1S/C14H22N4OS/c1-10-11(2)17-14(15)12-13(10)18(9-16-12)7-5-4-6-8-20(3)19/h9H,4-8H2,1-3H3,(H2,15,17). The molecule has 0 spiro atoms. The van der Waals surface area contributed by atoms with Crippen LogP contribution in [0, 0.1) is 13.8 Å². The summed E-state index contributed by atoms with van der Waals surface area (Å²) in [5, 5.41) is 0. The summed E-state index contributed by atoms with van der Waals surface area (Å²) in [6.07, 6.45) is 6.75. The molecule has 0 aliphatic heterocycles. The van der Waals surface area contributed by atoms with Crippen molar-refractivity contribution < 1.29 is 4.21 Å². The fourth-order valence-electron chi connectivity index (χ4n) is 2.39. The normalized spacial score (nSPS) is 12.9. The summed E-state index contributed by atoms with van der Waals surface area (Å²) in [4.78, 5) is 8.69. The Morgan fingerprint density at radius 3 is 2.75 bits per heavy atom. The lowest BCUT2D eigenvalue weighted by Gasteiger charge is -2.08. The van der Waals surface area contributed by atoms with Gasteiger partial charge in [-0.25, -0.2) is 9.97 Å². The quantitative estimate of drug-likeness (QED) is 0.829. The average molecular weight is 294 g/mol. The van der Waals surface area contributed by atoms with E-state index >= 15 is 0 Å². The number of imidazole rings is 1. The van der Waals surface area contributed by atoms with Crippen molar-refractivity contribution in [1.29, 1.82) is 0 Å². The third kappa shape index (κ3) is 3.17. The minimum atomic E-state index is -0.682. The van der Waals surface area contributed by atoms with Crippen LogP contribution in [0.4, 0.5) is 5.82 Å². The summed E-state index contributed by atoms with van der Waals surface area (Å²) in [6.45, 7) is 4.94. The molecule has 0 aliphatic carbocycles. The number of unbranched alkanes of at least 4 members (excludes halogenated alkanes) is 2. The Morgan fingerprint density at radius 1 is 1.30 bits per heavy atom. The van der Waals surface area contributed by atoms with E-state index in [1.54, 1.807) is 6.26 Å². The zero-order chi connectivity index (χ0) is 14.7. The van der Waals surface area contributed by atoms with Gasteiger partial charge < -0.3 is 10.3 Å². The van der Waals surface area contributed by atoms with Crippen LogP contribution in [0.2, 0.25) is 0 Å². The van der Waals surface area contributed by atoms with Crippen molar-refractivity contribution in [3.63, 3.8) is 0 Å². The number of nitrogens with zero attached hydrogens (tertiary/aromatic N) is 3. The Balaban J connectivity index is 2.09. The van der Waals surface area contributed by atoms with Gasteiger partial charge in [0.25, 0.3) is 0 Å². The third-order valence-corrected chi connectivity index (χ3v) is 4.46. The number of hydrogen-bond acceptors (Lipinski definition) is 4. The number of anilines is 1. The molecule has 2 aromatic rings. The highest BCUT2D eigenvalue weighted by atomic mass is 32.2. The molecule has 2 aromatic heterocycles. The molecule has 0 saturated carbocycles. The van der Waals surface area contributed by atoms with Crippen LogP contribution in [0.1, 0.15) is 30.5 Å². The number of hydrogen-bond donors (Lipinski definition) is 1. The van der Waals surface area contributed by atoms with Gasteiger partial charge in [0.1, 0.15) is 5.52 Å². The zero-order valence-corrected chi connectivity index (χ0v) is 13.2. The van der Waals surface area contributed by atoms with Gasteiger partial charge in [-0.2, -0.15) is 0 Å². The minimum absolute atomic E-state index is 0.503. The molecule has 1 unspecified atom stereocenters. The number of fused-ring (bicyclic) bond motifs is 1. The first-order valence-electron chi connectivity index (χ1n) is 6.88. The molecule has 0 amide bonds. The average Bonchev–Trinajstić information content (AvgIpc) is 2.80. The van der Waals surface area contributed by atoms with Crippen molar-refractivity contribution >= 4 is 27.7 Å². The summed E-state index contributed by atoms with van der Waals surface area (Å²) in [6, 6.07) is 0. The number of nitrogen functional groups attached to an aromatic ring is 1. The first-order chi connectivity index (χ1) is 9.50. The lowest BCUT2D eigenvalue weighted by molar-refractivity contribution is 0.611. The lowest BCUT2D eigenvalue weighted by atomic mass is 10.2. The molecule has 0 aromatic carbocycles. The predicted molar refractivity (Wildman–Crippen MR) is 84.2 cm³/mol. The summed E-state index contributed by atoms with van der Waals surface area (Å²) < 4.78 is 13.2. The van der Waals surface area contributed by atoms with Gasteiger partial charge in [0.2, 0.25) is 0 Å². The van der Waals surface area contributed by atoms with Crippen LogP contribution in [0.25, 0.3) is 11.0 Å². The fourth-order valence-corrected chi connectivity index (χ4v) is 3.00. The first-order valence-corrected chi connectivity index (χ1v) is 8.61. The zero-order valence-electron chi connectivity index (χ0n) is 12.3. The van der Waals surface area contributed by atoms with Crippen molar-refractivity contribution in [3.8, 4) is 0 Å². The number of aromatic nitrogens is 3. The van der Waals surface area contributed by atoms with Gasteiger partial charge in [0.15, 0.2) is 5.82 Å². The number of aryl methyl sites for hydroxylation is 3. The molecule has 0 bridgehead atoms. The smallest absolute Gasteiger partial charge is 0.151 e. The van der Waals surface area contributed by atoms with E-state index in [-0.39, 0.29) is 0 Å². The lowest BCUT2D eigenvalue weighted by Crippen LogP contribution is -2.02. The maximum Gasteiger partial charge on any atom is 0.151 e. The molecular weight excluding hydrogens is 272 g/mol. The Labute approximate surface area is 122 Å². The van der Waals surface area contributed by atoms with Crippen LogP contribution >= 0.6 is 0 Å². The molecular formula is C14H22N4OS. The molecule has 5 nitrogen and oxygen atoms in total. The van der Waals surface area contributed by atoms with Crippen molar-refractivity contribution in [1.82, 2.24) is 14.5 Å². The maximum absolute atomic E-state index is 11.0. The van der Waals surface area contributed by atoms with Crippen LogP contribution in [0.5, 0.6) is 0 Å². The highest BCUT2D eigenvalue weighted by Gasteiger charge is 2.12. The van der Waals surface area contributed by atoms with Crippen molar-refractivity contribution in [2.24, 2.45) is 0 Å². The molecule has 2 N–H and O–H groups in total. The van der Waals surface area contributed by atoms with E-state index in [4.69, 9.17) is 5.73 Å². The molecule has 0 saturated heterocycles. The molecule has 20 heavy (non-hydrogen) atoms. The van der Waals surface area contributed by atoms with Gasteiger partial charge in [0.05, 0.1) is 11.8 Å². The van der Waals surface area contributed by atoms with Gasteiger partial charge in [-0.1, -0.05) is 6.42 Å². The monoisotopic (exact) mass is 294 g/mol. The van der Waals surface area contributed by atoms with Crippen molar-refractivity contribution in [2.45, 2.75) is 39.7 Å². The van der Waals surface area contributed by atoms with E-state index in [0.717, 1.165) is 53.9 Å². The van der Waals surface area contributed by atoms with E-state index in [1.807, 2.05) is 13.3 Å². The van der Waals surface area contributed by atoms with Crippen LogP contribution in [0.3, 0.4) is 0 Å². The van der Waals surface area contributed by atoms with E-state index in [2.05, 4.69) is 21.5 Å². The first kappa shape index (κ1) is 15.0. The van der Waals surface area contributed by atoms with Gasteiger partial charge in [-0.3, -0.25) is 4.21 Å². The van der Waals surface area contributed by atoms with Gasteiger partial charge >= 0.3 is 0 Å². The topological polar surface area (TPSA) is 73.8 Å². The Kier molecular flexibility index (Phi) is 4.75. The minimum Gasteiger partial charge on any atom is -0.382 e. The Hall–Kier alpha value is -1.43. The summed E-state index contributed by atoms with van der Waals surface area (Å²) >= 11 is 0. The van der Waals surface area contributed by atoms with E-state index < -0.39 is 10.8 Å². The molecule has 0 radical (unpaired) electrons. The van der Waals surface area contributed by atoms with Gasteiger partial charge in [-0.15, -0.1) is 0 Å². The highest BCUT2D eigenvalue weighted by molar-refractivity contribution is 7.84. The van der Waals surface area contributed by atoms with E-state index in [1.165, 1.54) is 0 Å². The van der Waals surface area contributed by atoms with Crippen molar-refractivity contribution in [2.75, 3.05) is 17.7 Å². The fraction of sp³-hybridized carbons (Fsp3) is 0.571. The third-order valence-electron chi connectivity index (χ3n) is 3.60. The second-order valence-corrected chi connectivity index (χ2v) is 6.74. The molecule has 2 heterocycles. The van der Waals surface area contributed by atoms with Gasteiger partial charge in [0, 0.05) is 35.0 Å². The van der Waals surface area contributed by atoms with Crippen LogP contribution in [-0.4, -0.2) is 30.8 Å². The molecule has 0 fully saturated rings. The highest BCUT2D eigenvalue weighted by Crippen LogP contribution is 2.24. The number of pyridine rings is 1. The summed E-state index contributed by atoms with van der Waals surface area (Å²) in [5.74, 6) is 1.29. The molecule has 0 aliphatic rings. The summed E-state index contributed by atoms with van der Waals surface area (Å²) in [7, 11) is -0.682. The largest absolute Gasteiger partial charge is 0.382 e. The molecule has 2 rings (SSSR count). The summed E-state index contributed by atoms with van der Waals surface area (Å²) in [5.41, 5.74) is 9.91. The van der Waals surface area contributed by atoms with Crippen LogP contribution in [-0.2, 0) is 17.3 Å². The Morgan fingerprint density at radius 2 is 2.05 bits per heavy atom. The SMILES string of the molecule is Cc1nc(N)c2ncn(CCCCCS(C)=O)c2c1C. The molecule has 1 atom stereocenters. The van der Waals surface area contributed by atoms with Crippen LogP contribution in [0.15, 0.2) is 6.33 Å². The second kappa shape index (κ2) is 6.35. The number of rotatable bonds is 6. The number of nitrogens with two attached hydrogens (primary N) is 1. The Bertz CT molecular complexity index is 636. The van der Waals surface area contributed by atoms with Crippen molar-refractivity contribution in [3.05, 3.63) is 17.6 Å². The molecule has 6 heteroatoms. The second-order valence-electron chi connectivity index (χ2n) is 5.18. The predicted octanol–water partition coefficient (Wildman–Crippen LogP) is 2.18. The van der Waals surface area contributed by atoms with Gasteiger partial charge in [-0.05, 0) is 32.3 Å². The maximum atomic E-state index is 11.0. The molecule has 110 valence electrons. The van der Waals surface area contributed by atoms with Crippen LogP contribution < -0.4 is 5.73 Å².